The van der Waals surface area contributed by atoms with Crippen molar-refractivity contribution in [3.8, 4) is 0 Å². The summed E-state index contributed by atoms with van der Waals surface area (Å²) < 4.78 is 0. The lowest BCUT2D eigenvalue weighted by Crippen LogP contribution is -2.26. The molecule has 4 aromatic rings. The Hall–Kier alpha value is -3.77. The van der Waals surface area contributed by atoms with E-state index in [1.54, 1.807) is 24.3 Å². The van der Waals surface area contributed by atoms with Crippen molar-refractivity contribution in [3.05, 3.63) is 144 Å². The fourth-order valence-corrected chi connectivity index (χ4v) is 3.44. The average molecular weight is 440 g/mol. The number of rotatable bonds is 6. The van der Waals surface area contributed by atoms with Crippen LogP contribution in [-0.2, 0) is 0 Å². The first-order chi connectivity index (χ1) is 16.1. The molecular formula is C28H29N3O2. The fraction of sp³-hybridized carbons (Fsp3) is 0.107. The van der Waals surface area contributed by atoms with Crippen LogP contribution in [0.15, 0.2) is 126 Å². The van der Waals surface area contributed by atoms with Crippen LogP contribution in [-0.4, -0.2) is 16.0 Å². The molecule has 5 nitrogen and oxygen atoms in total. The van der Waals surface area contributed by atoms with E-state index in [4.69, 9.17) is 16.7 Å². The van der Waals surface area contributed by atoms with E-state index in [2.05, 4.69) is 5.16 Å². The van der Waals surface area contributed by atoms with Gasteiger partial charge in [0.25, 0.3) is 0 Å². The van der Waals surface area contributed by atoms with Gasteiger partial charge in [-0.15, -0.1) is 0 Å². The summed E-state index contributed by atoms with van der Waals surface area (Å²) in [5.41, 5.74) is 16.1. The molecule has 4 rings (SSSR count). The lowest BCUT2D eigenvalue weighted by Gasteiger charge is -2.20. The molecule has 0 aliphatic heterocycles. The molecule has 0 aliphatic carbocycles. The minimum atomic E-state index is -0.927. The van der Waals surface area contributed by atoms with Crippen molar-refractivity contribution >= 4 is 5.71 Å². The third kappa shape index (κ3) is 6.60. The number of hydrogen-bond acceptors (Lipinski definition) is 5. The van der Waals surface area contributed by atoms with Crippen molar-refractivity contribution in [2.45, 2.75) is 18.2 Å². The molecular weight excluding hydrogens is 410 g/mol. The molecule has 1 unspecified atom stereocenters. The zero-order valence-corrected chi connectivity index (χ0v) is 18.3. The van der Waals surface area contributed by atoms with Gasteiger partial charge in [-0.05, 0) is 16.7 Å². The van der Waals surface area contributed by atoms with Gasteiger partial charge in [0.1, 0.15) is 11.8 Å². The normalized spacial score (nSPS) is 13.8. The zero-order chi connectivity index (χ0) is 23.5. The molecule has 3 atom stereocenters. The standard InChI is InChI=1S/C14H16N2.C14H13NO2/c15-13(11-7-3-1-4-8-11)14(16)12-9-5-2-6-10-12;16-14(12-9-5-2-6-10-12)13(15-17)11-7-3-1-4-8-11/h1-10,13-14H,15-16H2;1-10,14,16-17H/b;15-13+/t13-,14-;/m0./s1. The summed E-state index contributed by atoms with van der Waals surface area (Å²) in [6.07, 6.45) is -0.927. The van der Waals surface area contributed by atoms with Gasteiger partial charge < -0.3 is 21.8 Å². The van der Waals surface area contributed by atoms with Crippen LogP contribution in [0.4, 0.5) is 0 Å². The predicted molar refractivity (Wildman–Crippen MR) is 133 cm³/mol. The molecule has 0 radical (unpaired) electrons. The van der Waals surface area contributed by atoms with Crippen molar-refractivity contribution in [1.29, 1.82) is 0 Å². The molecule has 0 spiro atoms. The monoisotopic (exact) mass is 439 g/mol. The summed E-state index contributed by atoms with van der Waals surface area (Å²) in [6.45, 7) is 0. The SMILES string of the molecule is N[C@@H](c1ccccc1)[C@@H](N)c1ccccc1.O/N=C(\c1ccccc1)C(O)c1ccccc1. The number of nitrogens with two attached hydrogens (primary N) is 2. The van der Waals surface area contributed by atoms with Gasteiger partial charge in [0.05, 0.1) is 0 Å². The molecule has 0 aliphatic rings. The van der Waals surface area contributed by atoms with E-state index in [1.165, 1.54) is 0 Å². The highest BCUT2D eigenvalue weighted by Crippen LogP contribution is 2.24. The number of aliphatic hydroxyl groups excluding tert-OH is 1. The van der Waals surface area contributed by atoms with Gasteiger partial charge in [0.15, 0.2) is 0 Å². The first-order valence-corrected chi connectivity index (χ1v) is 10.7. The third-order valence-corrected chi connectivity index (χ3v) is 5.31. The Kier molecular flexibility index (Phi) is 8.91. The van der Waals surface area contributed by atoms with Crippen LogP contribution >= 0.6 is 0 Å². The van der Waals surface area contributed by atoms with Gasteiger partial charge in [0.2, 0.25) is 0 Å². The minimum Gasteiger partial charge on any atom is -0.411 e. The second kappa shape index (κ2) is 12.3. The highest BCUT2D eigenvalue weighted by Gasteiger charge is 2.17. The van der Waals surface area contributed by atoms with Crippen LogP contribution < -0.4 is 11.5 Å². The number of aliphatic hydroxyl groups is 1. The largest absolute Gasteiger partial charge is 0.411 e. The molecule has 0 heterocycles. The summed E-state index contributed by atoms with van der Waals surface area (Å²) in [5.74, 6) is 0. The molecule has 0 amide bonds. The van der Waals surface area contributed by atoms with Gasteiger partial charge >= 0.3 is 0 Å². The third-order valence-electron chi connectivity index (χ3n) is 5.31. The highest BCUT2D eigenvalue weighted by atomic mass is 16.4. The van der Waals surface area contributed by atoms with Gasteiger partial charge in [0, 0.05) is 17.6 Å². The van der Waals surface area contributed by atoms with E-state index in [9.17, 15) is 5.11 Å². The van der Waals surface area contributed by atoms with Crippen molar-refractivity contribution in [1.82, 2.24) is 0 Å². The zero-order valence-electron chi connectivity index (χ0n) is 18.3. The molecule has 0 fully saturated rings. The molecule has 0 bridgehead atoms. The minimum absolute atomic E-state index is 0.163. The fourth-order valence-electron chi connectivity index (χ4n) is 3.44. The Labute approximate surface area is 194 Å². The molecule has 6 N–H and O–H groups in total. The molecule has 4 aromatic carbocycles. The van der Waals surface area contributed by atoms with Gasteiger partial charge in [-0.25, -0.2) is 0 Å². The van der Waals surface area contributed by atoms with Gasteiger partial charge in [-0.3, -0.25) is 0 Å². The van der Waals surface area contributed by atoms with E-state index in [0.29, 0.717) is 11.1 Å². The maximum Gasteiger partial charge on any atom is 0.125 e. The van der Waals surface area contributed by atoms with Crippen LogP contribution in [0.3, 0.4) is 0 Å². The smallest absolute Gasteiger partial charge is 0.125 e. The van der Waals surface area contributed by atoms with Crippen LogP contribution in [0.5, 0.6) is 0 Å². The molecule has 168 valence electrons. The Morgan fingerprint density at radius 1 is 0.545 bits per heavy atom. The van der Waals surface area contributed by atoms with E-state index in [-0.39, 0.29) is 17.8 Å². The number of nitrogens with zero attached hydrogens (tertiary/aromatic N) is 1. The Bertz CT molecular complexity index is 1060. The predicted octanol–water partition coefficient (Wildman–Crippen LogP) is 4.98. The van der Waals surface area contributed by atoms with Gasteiger partial charge in [-0.1, -0.05) is 126 Å². The second-order valence-electron chi connectivity index (χ2n) is 7.54. The summed E-state index contributed by atoms with van der Waals surface area (Å²) in [5, 5.41) is 22.4. The first kappa shape index (κ1) is 23.9. The topological polar surface area (TPSA) is 105 Å². The van der Waals surface area contributed by atoms with Crippen molar-refractivity contribution in [2.24, 2.45) is 16.6 Å². The van der Waals surface area contributed by atoms with Crippen molar-refractivity contribution in [3.63, 3.8) is 0 Å². The van der Waals surface area contributed by atoms with Crippen LogP contribution in [0.1, 0.15) is 40.4 Å². The molecule has 0 aromatic heterocycles. The summed E-state index contributed by atoms with van der Waals surface area (Å²) in [4.78, 5) is 0. The lowest BCUT2D eigenvalue weighted by atomic mass is 9.95. The maximum absolute atomic E-state index is 10.1. The Morgan fingerprint density at radius 3 is 1.24 bits per heavy atom. The number of oxime groups is 1. The molecule has 0 saturated carbocycles. The average Bonchev–Trinajstić information content (AvgIpc) is 2.90. The van der Waals surface area contributed by atoms with E-state index in [0.717, 1.165) is 11.1 Å². The van der Waals surface area contributed by atoms with E-state index >= 15 is 0 Å². The van der Waals surface area contributed by atoms with Crippen molar-refractivity contribution in [2.75, 3.05) is 0 Å². The van der Waals surface area contributed by atoms with E-state index in [1.807, 2.05) is 97.1 Å². The van der Waals surface area contributed by atoms with Gasteiger partial charge in [-0.2, -0.15) is 0 Å². The summed E-state index contributed by atoms with van der Waals surface area (Å²) >= 11 is 0. The Morgan fingerprint density at radius 2 is 0.879 bits per heavy atom. The molecule has 33 heavy (non-hydrogen) atoms. The maximum atomic E-state index is 10.1. The second-order valence-corrected chi connectivity index (χ2v) is 7.54. The number of hydrogen-bond donors (Lipinski definition) is 4. The molecule has 0 saturated heterocycles. The van der Waals surface area contributed by atoms with Crippen molar-refractivity contribution < 1.29 is 10.3 Å². The van der Waals surface area contributed by atoms with Crippen LogP contribution in [0.25, 0.3) is 0 Å². The quantitative estimate of drug-likeness (QED) is 0.193. The van der Waals surface area contributed by atoms with Crippen LogP contribution in [0.2, 0.25) is 0 Å². The number of benzene rings is 4. The Balaban J connectivity index is 0.000000186. The summed E-state index contributed by atoms with van der Waals surface area (Å²) in [7, 11) is 0. The first-order valence-electron chi connectivity index (χ1n) is 10.7. The van der Waals surface area contributed by atoms with Crippen LogP contribution in [0, 0.1) is 0 Å². The summed E-state index contributed by atoms with van der Waals surface area (Å²) in [6, 6.07) is 37.8. The van der Waals surface area contributed by atoms with E-state index < -0.39 is 6.10 Å². The lowest BCUT2D eigenvalue weighted by molar-refractivity contribution is 0.235. The molecule has 5 heteroatoms. The highest BCUT2D eigenvalue weighted by molar-refractivity contribution is 6.03.